The summed E-state index contributed by atoms with van der Waals surface area (Å²) in [5.74, 6) is 1.49. The average Bonchev–Trinajstić information content (AvgIpc) is 3.64. The second kappa shape index (κ2) is 12.0. The highest BCUT2D eigenvalue weighted by Crippen LogP contribution is 2.44. The molecule has 4 heterocycles. The molecule has 0 aromatic carbocycles. The third-order valence-electron chi connectivity index (χ3n) is 7.53. The first-order valence-electron chi connectivity index (χ1n) is 13.7. The van der Waals surface area contributed by atoms with E-state index in [2.05, 4.69) is 36.3 Å². The predicted octanol–water partition coefficient (Wildman–Crippen LogP) is 3.27. The average molecular weight is 587 g/mol. The second-order valence-corrected chi connectivity index (χ2v) is 10.9. The molecule has 12 nitrogen and oxygen atoms in total. The molecule has 224 valence electrons. The van der Waals surface area contributed by atoms with Crippen LogP contribution in [0.2, 0.25) is 0 Å². The van der Waals surface area contributed by atoms with Crippen molar-refractivity contribution in [1.29, 1.82) is 5.26 Å². The Balaban J connectivity index is 1.21. The van der Waals surface area contributed by atoms with Crippen molar-refractivity contribution >= 4 is 11.8 Å². The molecule has 42 heavy (non-hydrogen) atoms. The normalized spacial score (nSPS) is 17.5. The highest BCUT2D eigenvalue weighted by molar-refractivity contribution is 5.63. The van der Waals surface area contributed by atoms with Gasteiger partial charge in [-0.2, -0.15) is 33.4 Å². The SMILES string of the molecule is C[C@H](NCc1nc(OCC2(C#N)CC2)nc(N2CCC(COc3cc(-c4cn(C)cn4)cnc3N)CC2)n1)C(F)(F)F. The van der Waals surface area contributed by atoms with Crippen LogP contribution in [0.4, 0.5) is 24.9 Å². The van der Waals surface area contributed by atoms with Crippen LogP contribution in [-0.4, -0.2) is 68.0 Å². The number of ether oxygens (including phenoxy) is 2. The molecule has 2 fully saturated rings. The van der Waals surface area contributed by atoms with E-state index in [1.807, 2.05) is 28.8 Å². The van der Waals surface area contributed by atoms with Crippen LogP contribution in [0.5, 0.6) is 11.8 Å². The molecule has 0 radical (unpaired) electrons. The molecule has 3 aromatic rings. The van der Waals surface area contributed by atoms with Crippen molar-refractivity contribution in [2.45, 2.75) is 51.4 Å². The predicted molar refractivity (Wildman–Crippen MR) is 146 cm³/mol. The highest BCUT2D eigenvalue weighted by atomic mass is 19.4. The van der Waals surface area contributed by atoms with Crippen molar-refractivity contribution in [3.8, 4) is 29.1 Å². The number of rotatable bonds is 11. The van der Waals surface area contributed by atoms with Crippen LogP contribution in [0.15, 0.2) is 24.8 Å². The molecule has 0 unspecified atom stereocenters. The fourth-order valence-electron chi connectivity index (χ4n) is 4.45. The quantitative estimate of drug-likeness (QED) is 0.340. The summed E-state index contributed by atoms with van der Waals surface area (Å²) in [4.78, 5) is 23.6. The fraction of sp³-hybridized carbons (Fsp3) is 0.556. The molecule has 0 bridgehead atoms. The van der Waals surface area contributed by atoms with E-state index in [0.717, 1.165) is 43.9 Å². The number of pyridine rings is 1. The lowest BCUT2D eigenvalue weighted by Gasteiger charge is -2.32. The van der Waals surface area contributed by atoms with Crippen molar-refractivity contribution in [1.82, 2.24) is 34.8 Å². The number of aryl methyl sites for hydroxylation is 1. The number of piperidine rings is 1. The first-order chi connectivity index (χ1) is 20.0. The Morgan fingerprint density at radius 3 is 2.60 bits per heavy atom. The number of nitrogen functional groups attached to an aromatic ring is 1. The van der Waals surface area contributed by atoms with E-state index >= 15 is 0 Å². The van der Waals surface area contributed by atoms with Crippen LogP contribution in [0, 0.1) is 22.7 Å². The molecule has 1 saturated carbocycles. The minimum atomic E-state index is -4.40. The monoisotopic (exact) mass is 586 g/mol. The van der Waals surface area contributed by atoms with Gasteiger partial charge in [0.05, 0.1) is 36.7 Å². The molecule has 0 spiro atoms. The van der Waals surface area contributed by atoms with E-state index in [1.165, 1.54) is 0 Å². The summed E-state index contributed by atoms with van der Waals surface area (Å²) < 4.78 is 52.7. The number of halogens is 3. The molecule has 3 N–H and O–H groups in total. The maximum atomic E-state index is 13.0. The lowest BCUT2D eigenvalue weighted by Crippen LogP contribution is -2.40. The number of hydrogen-bond acceptors (Lipinski definition) is 11. The second-order valence-electron chi connectivity index (χ2n) is 10.9. The van der Waals surface area contributed by atoms with E-state index in [-0.39, 0.29) is 30.9 Å². The molecular weight excluding hydrogens is 553 g/mol. The number of aromatic nitrogens is 6. The van der Waals surface area contributed by atoms with Crippen molar-refractivity contribution in [2.24, 2.45) is 18.4 Å². The highest BCUT2D eigenvalue weighted by Gasteiger charge is 2.44. The lowest BCUT2D eigenvalue weighted by molar-refractivity contribution is -0.151. The third-order valence-corrected chi connectivity index (χ3v) is 7.53. The third kappa shape index (κ3) is 7.17. The van der Waals surface area contributed by atoms with Crippen LogP contribution < -0.4 is 25.4 Å². The summed E-state index contributed by atoms with van der Waals surface area (Å²) >= 11 is 0. The number of alkyl halides is 3. The molecule has 0 amide bonds. The van der Waals surface area contributed by atoms with E-state index in [9.17, 15) is 18.4 Å². The van der Waals surface area contributed by atoms with E-state index < -0.39 is 17.6 Å². The zero-order chi connectivity index (χ0) is 29.9. The zero-order valence-electron chi connectivity index (χ0n) is 23.4. The molecule has 3 aromatic heterocycles. The van der Waals surface area contributed by atoms with Gasteiger partial charge in [0.2, 0.25) is 5.95 Å². The molecule has 1 aliphatic heterocycles. The lowest BCUT2D eigenvalue weighted by atomic mass is 9.98. The number of nitrogens with one attached hydrogen (secondary N) is 1. The molecule has 5 rings (SSSR count). The largest absolute Gasteiger partial charge is 0.489 e. The summed E-state index contributed by atoms with van der Waals surface area (Å²) in [7, 11) is 1.89. The minimum Gasteiger partial charge on any atom is -0.489 e. The van der Waals surface area contributed by atoms with Gasteiger partial charge in [0.25, 0.3) is 0 Å². The van der Waals surface area contributed by atoms with Gasteiger partial charge >= 0.3 is 12.2 Å². The smallest absolute Gasteiger partial charge is 0.403 e. The van der Waals surface area contributed by atoms with Crippen LogP contribution in [0.25, 0.3) is 11.3 Å². The zero-order valence-corrected chi connectivity index (χ0v) is 23.4. The summed E-state index contributed by atoms with van der Waals surface area (Å²) in [6.07, 6.45) is 3.85. The molecule has 15 heteroatoms. The Morgan fingerprint density at radius 2 is 1.95 bits per heavy atom. The number of imidazole rings is 1. The topological polar surface area (TPSA) is 153 Å². The van der Waals surface area contributed by atoms with E-state index in [4.69, 9.17) is 15.2 Å². The Labute approximate surface area is 241 Å². The van der Waals surface area contributed by atoms with E-state index in [1.54, 1.807) is 12.5 Å². The van der Waals surface area contributed by atoms with Crippen LogP contribution in [-0.2, 0) is 13.6 Å². The number of nitriles is 1. The Morgan fingerprint density at radius 1 is 1.19 bits per heavy atom. The van der Waals surface area contributed by atoms with E-state index in [0.29, 0.717) is 37.2 Å². The maximum Gasteiger partial charge on any atom is 0.403 e. The van der Waals surface area contributed by atoms with Gasteiger partial charge in [-0.3, -0.25) is 5.32 Å². The fourth-order valence-corrected chi connectivity index (χ4v) is 4.45. The first kappa shape index (κ1) is 29.3. The summed E-state index contributed by atoms with van der Waals surface area (Å²) in [5, 5.41) is 11.8. The molecule has 2 aliphatic rings. The van der Waals surface area contributed by atoms with Gasteiger partial charge in [0.15, 0.2) is 17.4 Å². The Hall–Kier alpha value is -4.19. The summed E-state index contributed by atoms with van der Waals surface area (Å²) in [6.45, 7) is 2.59. The van der Waals surface area contributed by atoms with Crippen molar-refractivity contribution in [3.63, 3.8) is 0 Å². The van der Waals surface area contributed by atoms with Gasteiger partial charge < -0.3 is 24.7 Å². The number of anilines is 2. The maximum absolute atomic E-state index is 13.0. The summed E-state index contributed by atoms with van der Waals surface area (Å²) in [5.41, 5.74) is 7.08. The summed E-state index contributed by atoms with van der Waals surface area (Å²) in [6, 6.07) is 2.34. The van der Waals surface area contributed by atoms with Crippen molar-refractivity contribution < 1.29 is 22.6 Å². The van der Waals surface area contributed by atoms with Gasteiger partial charge in [-0.1, -0.05) is 0 Å². The number of nitrogens with zero attached hydrogens (tertiary/aromatic N) is 8. The molecule has 1 saturated heterocycles. The number of hydrogen-bond donors (Lipinski definition) is 2. The van der Waals surface area contributed by atoms with Gasteiger partial charge in [0, 0.05) is 38.1 Å². The Bertz CT molecular complexity index is 1430. The minimum absolute atomic E-state index is 0.000735. The molecule has 1 atom stereocenters. The molecular formula is C27H33F3N10O2. The van der Waals surface area contributed by atoms with Gasteiger partial charge in [-0.15, -0.1) is 0 Å². The van der Waals surface area contributed by atoms with Gasteiger partial charge in [0.1, 0.15) is 12.6 Å². The van der Waals surface area contributed by atoms with Crippen molar-refractivity contribution in [2.75, 3.05) is 36.9 Å². The standard InChI is InChI=1S/C27H33F3N10O2/c1-17(27(28,29)30)33-11-22-36-24(38-25(37-22)42-15-26(14-31)5-6-26)40-7-3-18(4-8-40)13-41-21-9-19(10-34-23(21)32)20-12-39(2)16-35-20/h9-10,12,16-18,33H,3-8,11,13,15H2,1-2H3,(H2,32,34)/t17-/m0/s1. The van der Waals surface area contributed by atoms with Crippen LogP contribution in [0.3, 0.4) is 0 Å². The Kier molecular flexibility index (Phi) is 8.35. The first-order valence-corrected chi connectivity index (χ1v) is 13.7. The molecule has 1 aliphatic carbocycles. The van der Waals surface area contributed by atoms with Gasteiger partial charge in [-0.25, -0.2) is 9.97 Å². The van der Waals surface area contributed by atoms with Crippen LogP contribution >= 0.6 is 0 Å². The van der Waals surface area contributed by atoms with Crippen LogP contribution in [0.1, 0.15) is 38.4 Å². The van der Waals surface area contributed by atoms with Gasteiger partial charge in [-0.05, 0) is 44.6 Å². The van der Waals surface area contributed by atoms with Crippen molar-refractivity contribution in [3.05, 3.63) is 30.6 Å². The number of nitrogens with two attached hydrogens (primary N) is 1.